The van der Waals surface area contributed by atoms with Gasteiger partial charge in [0.05, 0.1) is 5.92 Å². The normalized spacial score (nSPS) is 12.2. The molecule has 0 rings (SSSR count). The highest BCUT2D eigenvalue weighted by Crippen LogP contribution is 2.11. The zero-order valence-corrected chi connectivity index (χ0v) is 13.6. The van der Waals surface area contributed by atoms with Gasteiger partial charge >= 0.3 is 11.9 Å². The number of carbonyl (C=O) groups excluding carboxylic acids is 2. The maximum atomic E-state index is 11.5. The highest BCUT2D eigenvalue weighted by atomic mass is 16.6. The zero-order valence-electron chi connectivity index (χ0n) is 13.6. The molecular formula is C17H32O3. The quantitative estimate of drug-likeness (QED) is 0.287. The minimum Gasteiger partial charge on any atom is -0.393 e. The molecule has 1 atom stereocenters. The maximum Gasteiger partial charge on any atom is 0.316 e. The molecule has 3 nitrogen and oxygen atoms in total. The third-order valence-corrected chi connectivity index (χ3v) is 3.57. The molecule has 0 aliphatic heterocycles. The van der Waals surface area contributed by atoms with Crippen LogP contribution in [0.5, 0.6) is 0 Å². The molecule has 0 radical (unpaired) electrons. The molecule has 0 heterocycles. The summed E-state index contributed by atoms with van der Waals surface area (Å²) >= 11 is 0. The highest BCUT2D eigenvalue weighted by Gasteiger charge is 2.16. The van der Waals surface area contributed by atoms with Crippen molar-refractivity contribution in [2.45, 2.75) is 91.4 Å². The summed E-state index contributed by atoms with van der Waals surface area (Å²) in [6, 6.07) is 0. The van der Waals surface area contributed by atoms with Crippen LogP contribution in [0.1, 0.15) is 91.4 Å². The molecule has 0 aliphatic rings. The molecule has 0 spiro atoms. The number of carbonyl (C=O) groups is 2. The number of ether oxygens (including phenoxy) is 1. The predicted octanol–water partition coefficient (Wildman–Crippen LogP) is 5.02. The molecular weight excluding hydrogens is 252 g/mol. The summed E-state index contributed by atoms with van der Waals surface area (Å²) in [6.45, 7) is 6.05. The smallest absolute Gasteiger partial charge is 0.316 e. The monoisotopic (exact) mass is 284 g/mol. The Labute approximate surface area is 124 Å². The van der Waals surface area contributed by atoms with E-state index in [1.807, 2.05) is 13.8 Å². The first-order valence-corrected chi connectivity index (χ1v) is 8.36. The molecule has 0 saturated heterocycles. The molecule has 0 aromatic heterocycles. The molecule has 0 N–H and O–H groups in total. The molecule has 3 heteroatoms. The number of esters is 2. The number of rotatable bonds is 12. The molecule has 118 valence electrons. The van der Waals surface area contributed by atoms with Crippen molar-refractivity contribution in [1.29, 1.82) is 0 Å². The van der Waals surface area contributed by atoms with E-state index in [0.29, 0.717) is 6.42 Å². The van der Waals surface area contributed by atoms with Crippen molar-refractivity contribution in [2.24, 2.45) is 5.92 Å². The van der Waals surface area contributed by atoms with Crippen molar-refractivity contribution >= 4 is 11.9 Å². The summed E-state index contributed by atoms with van der Waals surface area (Å²) in [6.07, 6.45) is 11.6. The van der Waals surface area contributed by atoms with Crippen LogP contribution in [0.2, 0.25) is 0 Å². The van der Waals surface area contributed by atoms with Gasteiger partial charge in [-0.1, -0.05) is 72.1 Å². The van der Waals surface area contributed by atoms with Gasteiger partial charge in [-0.3, -0.25) is 9.59 Å². The van der Waals surface area contributed by atoms with Gasteiger partial charge in [-0.2, -0.15) is 0 Å². The average Bonchev–Trinajstić information content (AvgIpc) is 2.42. The van der Waals surface area contributed by atoms with Gasteiger partial charge in [0.15, 0.2) is 0 Å². The SMILES string of the molecule is CCCCCCCCCCC(=O)OC(=O)C(C)CCC. The van der Waals surface area contributed by atoms with E-state index in [0.717, 1.165) is 25.7 Å². The van der Waals surface area contributed by atoms with Crippen LogP contribution in [0.15, 0.2) is 0 Å². The fourth-order valence-electron chi connectivity index (χ4n) is 2.22. The van der Waals surface area contributed by atoms with Crippen LogP contribution in [0.3, 0.4) is 0 Å². The van der Waals surface area contributed by atoms with Gasteiger partial charge in [-0.15, -0.1) is 0 Å². The fraction of sp³-hybridized carbons (Fsp3) is 0.882. The Bertz CT molecular complexity index is 261. The van der Waals surface area contributed by atoms with Crippen LogP contribution < -0.4 is 0 Å². The first kappa shape index (κ1) is 19.1. The van der Waals surface area contributed by atoms with Crippen LogP contribution in [0, 0.1) is 5.92 Å². The highest BCUT2D eigenvalue weighted by molar-refractivity contribution is 5.86. The lowest BCUT2D eigenvalue weighted by atomic mass is 10.1. The molecule has 20 heavy (non-hydrogen) atoms. The Morgan fingerprint density at radius 2 is 1.40 bits per heavy atom. The van der Waals surface area contributed by atoms with E-state index < -0.39 is 0 Å². The first-order valence-electron chi connectivity index (χ1n) is 8.36. The summed E-state index contributed by atoms with van der Waals surface area (Å²) in [5, 5.41) is 0. The van der Waals surface area contributed by atoms with Crippen molar-refractivity contribution < 1.29 is 14.3 Å². The lowest BCUT2D eigenvalue weighted by molar-refractivity contribution is -0.162. The Morgan fingerprint density at radius 1 is 0.850 bits per heavy atom. The van der Waals surface area contributed by atoms with Crippen molar-refractivity contribution in [3.05, 3.63) is 0 Å². The van der Waals surface area contributed by atoms with E-state index in [4.69, 9.17) is 4.74 Å². The minimum atomic E-state index is -0.364. The van der Waals surface area contributed by atoms with Crippen LogP contribution in [-0.2, 0) is 14.3 Å². The summed E-state index contributed by atoms with van der Waals surface area (Å²) in [5.41, 5.74) is 0. The van der Waals surface area contributed by atoms with Gasteiger partial charge in [-0.05, 0) is 12.8 Å². The summed E-state index contributed by atoms with van der Waals surface area (Å²) in [7, 11) is 0. The lowest BCUT2D eigenvalue weighted by Crippen LogP contribution is -2.18. The van der Waals surface area contributed by atoms with Gasteiger partial charge in [-0.25, -0.2) is 0 Å². The summed E-state index contributed by atoms with van der Waals surface area (Å²) in [5.74, 6) is -0.886. The minimum absolute atomic E-state index is 0.164. The van der Waals surface area contributed by atoms with Crippen LogP contribution >= 0.6 is 0 Å². The molecule has 0 saturated carbocycles. The van der Waals surface area contributed by atoms with Crippen molar-refractivity contribution in [3.8, 4) is 0 Å². The third-order valence-electron chi connectivity index (χ3n) is 3.57. The van der Waals surface area contributed by atoms with Crippen LogP contribution in [0.4, 0.5) is 0 Å². The summed E-state index contributed by atoms with van der Waals surface area (Å²) < 4.78 is 4.85. The van der Waals surface area contributed by atoms with Crippen molar-refractivity contribution in [3.63, 3.8) is 0 Å². The Balaban J connectivity index is 3.47. The Hall–Kier alpha value is -0.860. The average molecular weight is 284 g/mol. The van der Waals surface area contributed by atoms with Gasteiger partial charge in [0.25, 0.3) is 0 Å². The summed E-state index contributed by atoms with van der Waals surface area (Å²) in [4.78, 5) is 23.0. The largest absolute Gasteiger partial charge is 0.393 e. The van der Waals surface area contributed by atoms with Gasteiger partial charge in [0, 0.05) is 6.42 Å². The predicted molar refractivity (Wildman–Crippen MR) is 82.4 cm³/mol. The van der Waals surface area contributed by atoms with Gasteiger partial charge in [0.1, 0.15) is 0 Å². The topological polar surface area (TPSA) is 43.4 Å². The number of hydrogen-bond acceptors (Lipinski definition) is 3. The van der Waals surface area contributed by atoms with E-state index in [2.05, 4.69) is 6.92 Å². The van der Waals surface area contributed by atoms with E-state index in [1.54, 1.807) is 0 Å². The molecule has 1 unspecified atom stereocenters. The van der Waals surface area contributed by atoms with E-state index in [1.165, 1.54) is 38.5 Å². The molecule has 0 fully saturated rings. The fourth-order valence-corrected chi connectivity index (χ4v) is 2.22. The Kier molecular flexibility index (Phi) is 12.6. The number of hydrogen-bond donors (Lipinski definition) is 0. The van der Waals surface area contributed by atoms with Gasteiger partial charge in [0.2, 0.25) is 0 Å². The lowest BCUT2D eigenvalue weighted by Gasteiger charge is -2.08. The van der Waals surface area contributed by atoms with Crippen LogP contribution in [-0.4, -0.2) is 11.9 Å². The molecule has 0 aromatic carbocycles. The number of unbranched alkanes of at least 4 members (excludes halogenated alkanes) is 7. The first-order chi connectivity index (χ1) is 9.61. The second kappa shape index (κ2) is 13.1. The van der Waals surface area contributed by atoms with E-state index in [-0.39, 0.29) is 17.9 Å². The van der Waals surface area contributed by atoms with Crippen molar-refractivity contribution in [1.82, 2.24) is 0 Å². The molecule has 0 aromatic rings. The van der Waals surface area contributed by atoms with Gasteiger partial charge < -0.3 is 4.74 Å². The van der Waals surface area contributed by atoms with Crippen molar-refractivity contribution in [2.75, 3.05) is 0 Å². The second-order valence-corrected chi connectivity index (χ2v) is 5.71. The standard InChI is InChI=1S/C17H32O3/c1-4-6-7-8-9-10-11-12-14-16(18)20-17(19)15(3)13-5-2/h15H,4-14H2,1-3H3. The third kappa shape index (κ3) is 11.0. The van der Waals surface area contributed by atoms with Crippen LogP contribution in [0.25, 0.3) is 0 Å². The van der Waals surface area contributed by atoms with E-state index >= 15 is 0 Å². The zero-order chi connectivity index (χ0) is 15.2. The molecule has 0 bridgehead atoms. The maximum absolute atomic E-state index is 11.5. The van der Waals surface area contributed by atoms with E-state index in [9.17, 15) is 9.59 Å². The second-order valence-electron chi connectivity index (χ2n) is 5.71. The molecule has 0 amide bonds. The Morgan fingerprint density at radius 3 is 1.95 bits per heavy atom. The molecule has 0 aliphatic carbocycles.